The average molecular weight is 346 g/mol. The van der Waals surface area contributed by atoms with Crippen LogP contribution in [0.15, 0.2) is 48.5 Å². The highest BCUT2D eigenvalue weighted by Gasteiger charge is 2.37. The summed E-state index contributed by atoms with van der Waals surface area (Å²) in [5.41, 5.74) is 6.34. The monoisotopic (exact) mass is 346 g/mol. The van der Waals surface area contributed by atoms with Crippen LogP contribution < -0.4 is 5.73 Å². The van der Waals surface area contributed by atoms with Crippen LogP contribution in [0.5, 0.6) is 0 Å². The largest absolute Gasteiger partial charge is 0.370 e. The van der Waals surface area contributed by atoms with Gasteiger partial charge in [0.1, 0.15) is 11.6 Å². The molecule has 2 N–H and O–H groups in total. The van der Waals surface area contributed by atoms with Gasteiger partial charge in [-0.05, 0) is 30.2 Å². The zero-order valence-corrected chi connectivity index (χ0v) is 13.9. The first kappa shape index (κ1) is 17.5. The molecule has 0 saturated carbocycles. The van der Waals surface area contributed by atoms with Crippen molar-refractivity contribution in [2.24, 2.45) is 5.73 Å². The van der Waals surface area contributed by atoms with E-state index in [0.717, 1.165) is 17.7 Å². The number of hydrogen-bond acceptors (Lipinski definition) is 3. The van der Waals surface area contributed by atoms with E-state index >= 15 is 0 Å². The van der Waals surface area contributed by atoms with E-state index in [-0.39, 0.29) is 12.5 Å². The molecule has 1 saturated heterocycles. The number of rotatable bonds is 3. The Morgan fingerprint density at radius 1 is 1.20 bits per heavy atom. The first-order valence-corrected chi connectivity index (χ1v) is 8.10. The van der Waals surface area contributed by atoms with Gasteiger partial charge in [-0.15, -0.1) is 0 Å². The summed E-state index contributed by atoms with van der Waals surface area (Å²) in [6, 6.07) is 12.8. The van der Waals surface area contributed by atoms with Crippen molar-refractivity contribution in [3.05, 3.63) is 71.3 Å². The van der Waals surface area contributed by atoms with E-state index in [9.17, 15) is 13.6 Å². The summed E-state index contributed by atoms with van der Waals surface area (Å²) in [4.78, 5) is 14.5. The van der Waals surface area contributed by atoms with Crippen LogP contribution in [0.1, 0.15) is 24.2 Å². The Labute approximate surface area is 145 Å². The van der Waals surface area contributed by atoms with Gasteiger partial charge in [0.25, 0.3) is 0 Å². The number of amides is 1. The smallest absolute Gasteiger partial charge is 0.247 e. The van der Waals surface area contributed by atoms with E-state index in [4.69, 9.17) is 10.5 Å². The fraction of sp³-hybridized carbons (Fsp3) is 0.316. The number of nitrogens with zero attached hydrogens (tertiary/aromatic N) is 1. The molecule has 2 atom stereocenters. The SMILES string of the molecule is CC(N)(C(=O)N1CCOC(c2ccc(F)c(F)c2)C1)c1ccccc1. The molecule has 1 heterocycles. The van der Waals surface area contributed by atoms with E-state index < -0.39 is 23.3 Å². The number of carbonyl (C=O) groups excluding carboxylic acids is 1. The quantitative estimate of drug-likeness (QED) is 0.930. The maximum absolute atomic E-state index is 13.5. The molecule has 2 aromatic carbocycles. The van der Waals surface area contributed by atoms with Crippen LogP contribution in [0.25, 0.3) is 0 Å². The molecule has 1 aliphatic heterocycles. The molecule has 0 radical (unpaired) electrons. The standard InChI is InChI=1S/C19H20F2N2O2/c1-19(22,14-5-3-2-4-6-14)18(24)23-9-10-25-17(12-23)13-7-8-15(20)16(21)11-13/h2-8,11,17H,9-10,12,22H2,1H3. The first-order valence-electron chi connectivity index (χ1n) is 8.10. The number of halogens is 2. The van der Waals surface area contributed by atoms with Crippen molar-refractivity contribution in [3.63, 3.8) is 0 Å². The number of hydrogen-bond donors (Lipinski definition) is 1. The highest BCUT2D eigenvalue weighted by molar-refractivity contribution is 5.87. The maximum atomic E-state index is 13.5. The fourth-order valence-corrected chi connectivity index (χ4v) is 2.98. The Hall–Kier alpha value is -2.31. The molecule has 1 fully saturated rings. The molecular formula is C19H20F2N2O2. The van der Waals surface area contributed by atoms with E-state index in [1.807, 2.05) is 30.3 Å². The minimum Gasteiger partial charge on any atom is -0.370 e. The Kier molecular flexibility index (Phi) is 4.83. The average Bonchev–Trinajstić information content (AvgIpc) is 2.64. The third kappa shape index (κ3) is 3.55. The van der Waals surface area contributed by atoms with Crippen LogP contribution in [0.4, 0.5) is 8.78 Å². The molecule has 0 bridgehead atoms. The third-order valence-corrected chi connectivity index (χ3v) is 4.49. The van der Waals surface area contributed by atoms with Crippen molar-refractivity contribution in [2.75, 3.05) is 19.7 Å². The lowest BCUT2D eigenvalue weighted by Gasteiger charge is -2.37. The molecule has 4 nitrogen and oxygen atoms in total. The minimum atomic E-state index is -1.17. The van der Waals surface area contributed by atoms with Crippen molar-refractivity contribution >= 4 is 5.91 Å². The van der Waals surface area contributed by atoms with Crippen molar-refractivity contribution in [1.82, 2.24) is 4.90 Å². The van der Waals surface area contributed by atoms with E-state index in [2.05, 4.69) is 0 Å². The Bertz CT molecular complexity index is 765. The minimum absolute atomic E-state index is 0.227. The van der Waals surface area contributed by atoms with Crippen LogP contribution >= 0.6 is 0 Å². The van der Waals surface area contributed by atoms with E-state index in [1.165, 1.54) is 6.07 Å². The van der Waals surface area contributed by atoms with Crippen LogP contribution in [0, 0.1) is 11.6 Å². The van der Waals surface area contributed by atoms with Crippen LogP contribution in [0.3, 0.4) is 0 Å². The molecule has 3 rings (SSSR count). The Morgan fingerprint density at radius 2 is 1.92 bits per heavy atom. The van der Waals surface area contributed by atoms with Gasteiger partial charge in [-0.3, -0.25) is 4.79 Å². The molecule has 6 heteroatoms. The molecule has 1 aliphatic rings. The lowest BCUT2D eigenvalue weighted by atomic mass is 9.91. The fourth-order valence-electron chi connectivity index (χ4n) is 2.98. The zero-order valence-electron chi connectivity index (χ0n) is 13.9. The molecular weight excluding hydrogens is 326 g/mol. The number of benzene rings is 2. The van der Waals surface area contributed by atoms with Gasteiger partial charge in [-0.25, -0.2) is 8.78 Å². The highest BCUT2D eigenvalue weighted by Crippen LogP contribution is 2.27. The molecule has 25 heavy (non-hydrogen) atoms. The van der Waals surface area contributed by atoms with Crippen LogP contribution in [-0.4, -0.2) is 30.5 Å². The molecule has 0 aromatic heterocycles. The Morgan fingerprint density at radius 3 is 2.60 bits per heavy atom. The van der Waals surface area contributed by atoms with Gasteiger partial charge in [0, 0.05) is 6.54 Å². The van der Waals surface area contributed by atoms with E-state index in [0.29, 0.717) is 18.7 Å². The van der Waals surface area contributed by atoms with Gasteiger partial charge in [-0.2, -0.15) is 0 Å². The number of nitrogens with two attached hydrogens (primary N) is 1. The second-order valence-electron chi connectivity index (χ2n) is 6.35. The number of carbonyl (C=O) groups is 1. The summed E-state index contributed by atoms with van der Waals surface area (Å²) in [6.07, 6.45) is -0.514. The van der Waals surface area contributed by atoms with Crippen molar-refractivity contribution < 1.29 is 18.3 Å². The second kappa shape index (κ2) is 6.90. The van der Waals surface area contributed by atoms with Gasteiger partial charge < -0.3 is 15.4 Å². The lowest BCUT2D eigenvalue weighted by molar-refractivity contribution is -0.144. The van der Waals surface area contributed by atoms with Crippen molar-refractivity contribution in [1.29, 1.82) is 0 Å². The predicted molar refractivity (Wildman–Crippen MR) is 89.6 cm³/mol. The highest BCUT2D eigenvalue weighted by atomic mass is 19.2. The first-order chi connectivity index (χ1) is 11.9. The predicted octanol–water partition coefficient (Wildman–Crippen LogP) is 2.74. The van der Waals surface area contributed by atoms with E-state index in [1.54, 1.807) is 11.8 Å². The summed E-state index contributed by atoms with van der Waals surface area (Å²) >= 11 is 0. The number of ether oxygens (including phenoxy) is 1. The molecule has 0 spiro atoms. The third-order valence-electron chi connectivity index (χ3n) is 4.49. The summed E-state index contributed by atoms with van der Waals surface area (Å²) in [7, 11) is 0. The van der Waals surface area contributed by atoms with Gasteiger partial charge in [-0.1, -0.05) is 36.4 Å². The lowest BCUT2D eigenvalue weighted by Crippen LogP contribution is -2.54. The normalized spacial score (nSPS) is 20.2. The van der Waals surface area contributed by atoms with Crippen LogP contribution in [0.2, 0.25) is 0 Å². The molecule has 1 amide bonds. The van der Waals surface area contributed by atoms with Crippen molar-refractivity contribution in [3.8, 4) is 0 Å². The van der Waals surface area contributed by atoms with Gasteiger partial charge >= 0.3 is 0 Å². The topological polar surface area (TPSA) is 55.6 Å². The van der Waals surface area contributed by atoms with Crippen LogP contribution in [-0.2, 0) is 15.1 Å². The summed E-state index contributed by atoms with van der Waals surface area (Å²) in [5.74, 6) is -2.07. The molecule has 2 aromatic rings. The second-order valence-corrected chi connectivity index (χ2v) is 6.35. The van der Waals surface area contributed by atoms with Gasteiger partial charge in [0.2, 0.25) is 5.91 Å². The molecule has 132 valence electrons. The maximum Gasteiger partial charge on any atom is 0.247 e. The van der Waals surface area contributed by atoms with Crippen molar-refractivity contribution in [2.45, 2.75) is 18.6 Å². The Balaban J connectivity index is 1.78. The summed E-state index contributed by atoms with van der Waals surface area (Å²) in [6.45, 7) is 2.62. The summed E-state index contributed by atoms with van der Waals surface area (Å²) in [5, 5.41) is 0. The number of morpholine rings is 1. The van der Waals surface area contributed by atoms with Gasteiger partial charge in [0.05, 0.1) is 13.2 Å². The van der Waals surface area contributed by atoms with Gasteiger partial charge in [0.15, 0.2) is 11.6 Å². The summed E-state index contributed by atoms with van der Waals surface area (Å²) < 4.78 is 32.2. The zero-order chi connectivity index (χ0) is 18.0. The molecule has 0 aliphatic carbocycles. The molecule has 2 unspecified atom stereocenters.